The molecule has 43 valence electrons. The zero-order chi connectivity index (χ0) is 5.86. The van der Waals surface area contributed by atoms with Crippen LogP contribution in [0.4, 0.5) is 0 Å². The van der Waals surface area contributed by atoms with Crippen molar-refractivity contribution in [2.75, 3.05) is 6.61 Å². The van der Waals surface area contributed by atoms with Crippen LogP contribution in [-0.2, 0) is 4.79 Å². The van der Waals surface area contributed by atoms with Gasteiger partial charge in [0.15, 0.2) is 0 Å². The Bertz CT molecular complexity index is 76.9. The number of aliphatic hydroxyl groups is 1. The predicted octanol–water partition coefficient (Wildman–Crippen LogP) is -1.99. The molecule has 1 radical (unpaired) electrons. The molecule has 0 aliphatic carbocycles. The molecule has 0 rings (SSSR count). The van der Waals surface area contributed by atoms with Gasteiger partial charge >= 0.3 is 5.97 Å². The summed E-state index contributed by atoms with van der Waals surface area (Å²) in [7, 11) is 0. The van der Waals surface area contributed by atoms with E-state index in [9.17, 15) is 4.79 Å². The molecule has 0 aromatic rings. The molecule has 0 spiro atoms. The molecule has 4 N–H and O–H groups in total. The van der Waals surface area contributed by atoms with Crippen LogP contribution >= 0.6 is 0 Å². The third kappa shape index (κ3) is 4.15. The molecular formula is C3H7LiNO3. The van der Waals surface area contributed by atoms with Gasteiger partial charge in [0, 0.05) is 18.9 Å². The van der Waals surface area contributed by atoms with Crippen molar-refractivity contribution in [2.45, 2.75) is 6.04 Å². The average molecular weight is 112 g/mol. The van der Waals surface area contributed by atoms with Gasteiger partial charge in [-0.15, -0.1) is 0 Å². The van der Waals surface area contributed by atoms with E-state index in [0.29, 0.717) is 0 Å². The van der Waals surface area contributed by atoms with Gasteiger partial charge < -0.3 is 15.9 Å². The summed E-state index contributed by atoms with van der Waals surface area (Å²) in [4.78, 5) is 9.65. The summed E-state index contributed by atoms with van der Waals surface area (Å²) in [5.41, 5.74) is 4.77. The van der Waals surface area contributed by atoms with Crippen LogP contribution in [0.1, 0.15) is 0 Å². The second-order valence-corrected chi connectivity index (χ2v) is 1.13. The maximum Gasteiger partial charge on any atom is 0.322 e. The third-order valence-electron chi connectivity index (χ3n) is 0.514. The summed E-state index contributed by atoms with van der Waals surface area (Å²) in [6.45, 7) is -0.505. The zero-order valence-electron chi connectivity index (χ0n) is 4.66. The van der Waals surface area contributed by atoms with Crippen LogP contribution in [0.2, 0.25) is 0 Å². The van der Waals surface area contributed by atoms with Crippen molar-refractivity contribution in [1.29, 1.82) is 0 Å². The first-order chi connectivity index (χ1) is 3.18. The van der Waals surface area contributed by atoms with Gasteiger partial charge in [0.1, 0.15) is 6.04 Å². The average Bonchev–Trinajstić information content (AvgIpc) is 1.65. The minimum absolute atomic E-state index is 0. The number of nitrogens with two attached hydrogens (primary N) is 1. The maximum atomic E-state index is 9.65. The second-order valence-electron chi connectivity index (χ2n) is 1.13. The minimum Gasteiger partial charge on any atom is -0.480 e. The number of aliphatic hydroxyl groups excluding tert-OH is 1. The molecule has 4 nitrogen and oxygen atoms in total. The Morgan fingerprint density at radius 1 is 1.75 bits per heavy atom. The SMILES string of the molecule is N[C@@H](CO)C(=O)O.[Li]. The molecule has 0 aliphatic heterocycles. The Kier molecular flexibility index (Phi) is 6.98. The van der Waals surface area contributed by atoms with Gasteiger partial charge in [-0.2, -0.15) is 0 Å². The predicted molar refractivity (Wildman–Crippen MR) is 28.5 cm³/mol. The van der Waals surface area contributed by atoms with E-state index in [1.807, 2.05) is 0 Å². The quantitative estimate of drug-likeness (QED) is 0.361. The van der Waals surface area contributed by atoms with E-state index in [1.54, 1.807) is 0 Å². The summed E-state index contributed by atoms with van der Waals surface area (Å²) >= 11 is 0. The number of hydrogen-bond acceptors (Lipinski definition) is 3. The number of carboxylic acid groups (broad SMARTS) is 1. The normalized spacial score (nSPS) is 11.8. The van der Waals surface area contributed by atoms with Gasteiger partial charge in [-0.1, -0.05) is 0 Å². The zero-order valence-corrected chi connectivity index (χ0v) is 4.66. The fraction of sp³-hybridized carbons (Fsp3) is 0.667. The van der Waals surface area contributed by atoms with Gasteiger partial charge in [-0.25, -0.2) is 0 Å². The van der Waals surface area contributed by atoms with E-state index in [-0.39, 0.29) is 18.9 Å². The molecule has 0 aliphatic rings. The molecule has 0 saturated heterocycles. The van der Waals surface area contributed by atoms with Crippen molar-refractivity contribution in [3.05, 3.63) is 0 Å². The van der Waals surface area contributed by atoms with Crippen LogP contribution in [-0.4, -0.2) is 47.7 Å². The van der Waals surface area contributed by atoms with Crippen LogP contribution in [0.15, 0.2) is 0 Å². The topological polar surface area (TPSA) is 83.5 Å². The summed E-state index contributed by atoms with van der Waals surface area (Å²) in [5.74, 6) is -1.18. The van der Waals surface area contributed by atoms with E-state index in [0.717, 1.165) is 0 Å². The van der Waals surface area contributed by atoms with Gasteiger partial charge in [0.2, 0.25) is 0 Å². The van der Waals surface area contributed by atoms with Gasteiger partial charge in [0.25, 0.3) is 0 Å². The Morgan fingerprint density at radius 2 is 2.12 bits per heavy atom. The molecule has 0 bridgehead atoms. The van der Waals surface area contributed by atoms with E-state index < -0.39 is 18.6 Å². The van der Waals surface area contributed by atoms with Crippen LogP contribution < -0.4 is 5.73 Å². The fourth-order valence-corrected chi connectivity index (χ4v) is 0.0781. The Labute approximate surface area is 58.9 Å². The second kappa shape index (κ2) is 5.13. The van der Waals surface area contributed by atoms with Crippen LogP contribution in [0.5, 0.6) is 0 Å². The molecule has 0 unspecified atom stereocenters. The molecule has 8 heavy (non-hydrogen) atoms. The first-order valence-electron chi connectivity index (χ1n) is 1.77. The monoisotopic (exact) mass is 112 g/mol. The summed E-state index contributed by atoms with van der Waals surface area (Å²) in [6.07, 6.45) is 0. The fourth-order valence-electron chi connectivity index (χ4n) is 0.0781. The van der Waals surface area contributed by atoms with Crippen LogP contribution in [0.25, 0.3) is 0 Å². The standard InChI is InChI=1S/C3H7NO3.Li/c4-2(1-5)3(6)7;/h2,5H,1,4H2,(H,6,7);/t2-;/m0./s1. The number of aliphatic carboxylic acids is 1. The van der Waals surface area contributed by atoms with Crippen molar-refractivity contribution in [1.82, 2.24) is 0 Å². The summed E-state index contributed by atoms with van der Waals surface area (Å²) in [5, 5.41) is 15.9. The van der Waals surface area contributed by atoms with E-state index >= 15 is 0 Å². The van der Waals surface area contributed by atoms with Crippen molar-refractivity contribution in [3.63, 3.8) is 0 Å². The summed E-state index contributed by atoms with van der Waals surface area (Å²) < 4.78 is 0. The minimum atomic E-state index is -1.18. The Balaban J connectivity index is 0. The van der Waals surface area contributed by atoms with Gasteiger partial charge in [0.05, 0.1) is 6.61 Å². The number of carbonyl (C=O) groups is 1. The number of carboxylic acids is 1. The van der Waals surface area contributed by atoms with Gasteiger partial charge in [-0.3, -0.25) is 4.79 Å². The van der Waals surface area contributed by atoms with E-state index in [2.05, 4.69) is 0 Å². The first-order valence-corrected chi connectivity index (χ1v) is 1.77. The summed E-state index contributed by atoms with van der Waals surface area (Å²) in [6, 6.07) is -1.13. The number of rotatable bonds is 2. The molecule has 5 heteroatoms. The first kappa shape index (κ1) is 10.9. The number of hydrogen-bond donors (Lipinski definition) is 3. The molecule has 0 amide bonds. The smallest absolute Gasteiger partial charge is 0.322 e. The van der Waals surface area contributed by atoms with Crippen molar-refractivity contribution < 1.29 is 15.0 Å². The molecule has 0 saturated carbocycles. The van der Waals surface area contributed by atoms with Gasteiger partial charge in [-0.05, 0) is 0 Å². The van der Waals surface area contributed by atoms with E-state index in [4.69, 9.17) is 15.9 Å². The van der Waals surface area contributed by atoms with E-state index in [1.165, 1.54) is 0 Å². The molecule has 0 aromatic heterocycles. The Hall–Kier alpha value is -0.0126. The molecule has 1 atom stereocenters. The van der Waals surface area contributed by atoms with Crippen molar-refractivity contribution >= 4 is 24.8 Å². The van der Waals surface area contributed by atoms with Crippen molar-refractivity contribution in [3.8, 4) is 0 Å². The third-order valence-corrected chi connectivity index (χ3v) is 0.514. The Morgan fingerprint density at radius 3 is 2.12 bits per heavy atom. The largest absolute Gasteiger partial charge is 0.480 e. The van der Waals surface area contributed by atoms with Crippen molar-refractivity contribution in [2.24, 2.45) is 5.73 Å². The maximum absolute atomic E-state index is 9.65. The van der Waals surface area contributed by atoms with Crippen LogP contribution in [0.3, 0.4) is 0 Å². The molecule has 0 aromatic carbocycles. The molecule has 0 heterocycles. The molecule has 0 fully saturated rings. The van der Waals surface area contributed by atoms with Crippen LogP contribution in [0, 0.1) is 0 Å². The molecular weight excluding hydrogens is 105 g/mol.